The standard InChI is InChI=1S/C6H7NO/c8-6-5-3-4(5)1-2-7-6/h1-2,4-5H,3H2,(H,7,8). The molecule has 1 aliphatic heterocycles. The number of amides is 1. The normalized spacial score (nSPS) is 40.8. The molecule has 0 spiro atoms. The zero-order valence-corrected chi connectivity index (χ0v) is 4.42. The fraction of sp³-hybridized carbons (Fsp3) is 0.500. The maximum atomic E-state index is 10.7. The van der Waals surface area contributed by atoms with E-state index in [-0.39, 0.29) is 5.91 Å². The number of carbonyl (C=O) groups is 1. The largest absolute Gasteiger partial charge is 0.333 e. The first kappa shape index (κ1) is 4.13. The second-order valence-electron chi connectivity index (χ2n) is 2.37. The lowest BCUT2D eigenvalue weighted by molar-refractivity contribution is -0.121. The van der Waals surface area contributed by atoms with Crippen LogP contribution in [0.15, 0.2) is 12.3 Å². The van der Waals surface area contributed by atoms with Crippen LogP contribution < -0.4 is 5.32 Å². The van der Waals surface area contributed by atoms with Gasteiger partial charge in [-0.2, -0.15) is 0 Å². The van der Waals surface area contributed by atoms with E-state index in [2.05, 4.69) is 11.4 Å². The third kappa shape index (κ3) is 0.399. The van der Waals surface area contributed by atoms with Crippen LogP contribution in [0.1, 0.15) is 6.42 Å². The third-order valence-corrected chi connectivity index (χ3v) is 1.75. The highest BCUT2D eigenvalue weighted by Crippen LogP contribution is 2.41. The van der Waals surface area contributed by atoms with E-state index in [0.29, 0.717) is 11.8 Å². The summed E-state index contributed by atoms with van der Waals surface area (Å²) in [6.07, 6.45) is 4.88. The number of allylic oxidation sites excluding steroid dienone is 1. The first-order chi connectivity index (χ1) is 3.88. The molecule has 1 N–H and O–H groups in total. The van der Waals surface area contributed by atoms with Gasteiger partial charge in [0.05, 0.1) is 0 Å². The van der Waals surface area contributed by atoms with Crippen molar-refractivity contribution in [2.45, 2.75) is 6.42 Å². The van der Waals surface area contributed by atoms with E-state index in [1.165, 1.54) is 0 Å². The van der Waals surface area contributed by atoms with Crippen molar-refractivity contribution >= 4 is 5.91 Å². The van der Waals surface area contributed by atoms with E-state index >= 15 is 0 Å². The van der Waals surface area contributed by atoms with Crippen molar-refractivity contribution in [3.63, 3.8) is 0 Å². The molecule has 0 radical (unpaired) electrons. The lowest BCUT2D eigenvalue weighted by Gasteiger charge is -2.00. The van der Waals surface area contributed by atoms with Gasteiger partial charge >= 0.3 is 0 Å². The molecule has 2 rings (SSSR count). The van der Waals surface area contributed by atoms with Crippen molar-refractivity contribution in [3.8, 4) is 0 Å². The minimum Gasteiger partial charge on any atom is -0.333 e. The van der Waals surface area contributed by atoms with E-state index in [9.17, 15) is 4.79 Å². The van der Waals surface area contributed by atoms with Crippen LogP contribution in [-0.2, 0) is 4.79 Å². The molecule has 42 valence electrons. The van der Waals surface area contributed by atoms with Crippen molar-refractivity contribution in [1.29, 1.82) is 0 Å². The highest BCUT2D eigenvalue weighted by Gasteiger charge is 2.42. The highest BCUT2D eigenvalue weighted by molar-refractivity contribution is 5.84. The Morgan fingerprint density at radius 2 is 2.62 bits per heavy atom. The summed E-state index contributed by atoms with van der Waals surface area (Å²) in [5.41, 5.74) is 0. The predicted molar refractivity (Wildman–Crippen MR) is 28.9 cm³/mol. The van der Waals surface area contributed by atoms with Crippen LogP contribution in [0.4, 0.5) is 0 Å². The summed E-state index contributed by atoms with van der Waals surface area (Å²) in [7, 11) is 0. The van der Waals surface area contributed by atoms with E-state index < -0.39 is 0 Å². The average Bonchev–Trinajstić information content (AvgIpc) is 2.45. The summed E-state index contributed by atoms with van der Waals surface area (Å²) in [6.45, 7) is 0. The summed E-state index contributed by atoms with van der Waals surface area (Å²) in [4.78, 5) is 10.7. The molecule has 1 aliphatic carbocycles. The van der Waals surface area contributed by atoms with Gasteiger partial charge in [0.1, 0.15) is 0 Å². The molecule has 1 fully saturated rings. The van der Waals surface area contributed by atoms with Crippen molar-refractivity contribution < 1.29 is 4.79 Å². The number of rotatable bonds is 0. The fourth-order valence-corrected chi connectivity index (χ4v) is 1.09. The SMILES string of the molecule is O=C1NC=CC2CC12. The summed E-state index contributed by atoms with van der Waals surface area (Å²) in [5, 5.41) is 2.65. The second kappa shape index (κ2) is 1.13. The van der Waals surface area contributed by atoms with Crippen LogP contribution in [-0.4, -0.2) is 5.91 Å². The monoisotopic (exact) mass is 109 g/mol. The van der Waals surface area contributed by atoms with Gasteiger partial charge in [-0.15, -0.1) is 0 Å². The third-order valence-electron chi connectivity index (χ3n) is 1.75. The van der Waals surface area contributed by atoms with Gasteiger partial charge in [-0.25, -0.2) is 0 Å². The Morgan fingerprint density at radius 1 is 1.75 bits per heavy atom. The molecule has 1 heterocycles. The van der Waals surface area contributed by atoms with Gasteiger partial charge < -0.3 is 5.32 Å². The van der Waals surface area contributed by atoms with Crippen LogP contribution in [0.2, 0.25) is 0 Å². The van der Waals surface area contributed by atoms with Crippen LogP contribution in [0.3, 0.4) is 0 Å². The van der Waals surface area contributed by atoms with Crippen molar-refractivity contribution in [2.75, 3.05) is 0 Å². The summed E-state index contributed by atoms with van der Waals surface area (Å²) < 4.78 is 0. The van der Waals surface area contributed by atoms with Gasteiger partial charge in [0, 0.05) is 12.1 Å². The Morgan fingerprint density at radius 3 is 3.25 bits per heavy atom. The molecule has 2 atom stereocenters. The van der Waals surface area contributed by atoms with Crippen LogP contribution in [0.5, 0.6) is 0 Å². The number of nitrogens with one attached hydrogen (secondary N) is 1. The Hall–Kier alpha value is -0.790. The van der Waals surface area contributed by atoms with Gasteiger partial charge in [0.2, 0.25) is 5.91 Å². The smallest absolute Gasteiger partial charge is 0.227 e. The molecular formula is C6H7NO. The van der Waals surface area contributed by atoms with E-state index in [1.54, 1.807) is 6.20 Å². The Balaban J connectivity index is 2.25. The van der Waals surface area contributed by atoms with Crippen molar-refractivity contribution in [3.05, 3.63) is 12.3 Å². The summed E-state index contributed by atoms with van der Waals surface area (Å²) in [5.74, 6) is 1.13. The van der Waals surface area contributed by atoms with Crippen LogP contribution in [0, 0.1) is 11.8 Å². The first-order valence-electron chi connectivity index (χ1n) is 2.85. The Bertz CT molecular complexity index is 162. The van der Waals surface area contributed by atoms with E-state index in [0.717, 1.165) is 6.42 Å². The van der Waals surface area contributed by atoms with E-state index in [1.807, 2.05) is 0 Å². The number of carbonyl (C=O) groups excluding carboxylic acids is 1. The molecule has 1 saturated carbocycles. The topological polar surface area (TPSA) is 29.1 Å². The molecule has 1 amide bonds. The number of hydrogen-bond donors (Lipinski definition) is 1. The maximum Gasteiger partial charge on any atom is 0.227 e. The number of fused-ring (bicyclic) bond motifs is 1. The van der Waals surface area contributed by atoms with Gasteiger partial charge in [-0.1, -0.05) is 6.08 Å². The molecule has 0 aromatic carbocycles. The van der Waals surface area contributed by atoms with Crippen molar-refractivity contribution in [1.82, 2.24) is 5.32 Å². The Labute approximate surface area is 47.6 Å². The van der Waals surface area contributed by atoms with Gasteiger partial charge in [-0.05, 0) is 12.3 Å². The Kier molecular flexibility index (Phi) is 0.583. The first-order valence-corrected chi connectivity index (χ1v) is 2.85. The molecule has 2 nitrogen and oxygen atoms in total. The van der Waals surface area contributed by atoms with Gasteiger partial charge in [0.25, 0.3) is 0 Å². The maximum absolute atomic E-state index is 10.7. The quantitative estimate of drug-likeness (QED) is 0.475. The molecule has 8 heavy (non-hydrogen) atoms. The zero-order chi connectivity index (χ0) is 5.56. The van der Waals surface area contributed by atoms with Crippen molar-refractivity contribution in [2.24, 2.45) is 11.8 Å². The molecule has 2 aliphatic rings. The summed E-state index contributed by atoms with van der Waals surface area (Å²) in [6, 6.07) is 0. The van der Waals surface area contributed by atoms with E-state index in [4.69, 9.17) is 0 Å². The lowest BCUT2D eigenvalue weighted by Crippen LogP contribution is -2.22. The van der Waals surface area contributed by atoms with Crippen LogP contribution >= 0.6 is 0 Å². The fourth-order valence-electron chi connectivity index (χ4n) is 1.09. The molecular weight excluding hydrogens is 102 g/mol. The molecule has 0 aromatic rings. The highest BCUT2D eigenvalue weighted by atomic mass is 16.2. The molecule has 2 unspecified atom stereocenters. The summed E-state index contributed by atoms with van der Waals surface area (Å²) >= 11 is 0. The second-order valence-corrected chi connectivity index (χ2v) is 2.37. The van der Waals surface area contributed by atoms with Gasteiger partial charge in [0.15, 0.2) is 0 Å². The predicted octanol–water partition coefficient (Wildman–Crippen LogP) is 0.266. The minimum absolute atomic E-state index is 0.206. The minimum atomic E-state index is 0.206. The zero-order valence-electron chi connectivity index (χ0n) is 4.42. The molecule has 0 bridgehead atoms. The van der Waals surface area contributed by atoms with Gasteiger partial charge in [-0.3, -0.25) is 4.79 Å². The van der Waals surface area contributed by atoms with Crippen LogP contribution in [0.25, 0.3) is 0 Å². The molecule has 2 heteroatoms. The molecule has 0 saturated heterocycles. The average molecular weight is 109 g/mol. The number of hydrogen-bond acceptors (Lipinski definition) is 1. The molecule has 0 aromatic heterocycles. The lowest BCUT2D eigenvalue weighted by atomic mass is 10.2.